The summed E-state index contributed by atoms with van der Waals surface area (Å²) in [6.07, 6.45) is 3.30. The number of ether oxygens (including phenoxy) is 1. The molecule has 0 unspecified atom stereocenters. The Bertz CT molecular complexity index is 906. The van der Waals surface area contributed by atoms with E-state index in [1.54, 1.807) is 19.1 Å². The summed E-state index contributed by atoms with van der Waals surface area (Å²) in [5.74, 6) is 0.375. The number of allylic oxidation sites excluding steroid dienone is 1. The molecule has 172 valence electrons. The van der Waals surface area contributed by atoms with Crippen LogP contribution in [0.2, 0.25) is 0 Å². The van der Waals surface area contributed by atoms with Crippen molar-refractivity contribution in [2.75, 3.05) is 18.5 Å². The minimum atomic E-state index is -3.68. The van der Waals surface area contributed by atoms with Crippen molar-refractivity contribution in [1.82, 2.24) is 4.72 Å². The third-order valence-corrected chi connectivity index (χ3v) is 7.24. The van der Waals surface area contributed by atoms with E-state index in [1.165, 1.54) is 19.1 Å². The zero-order chi connectivity index (χ0) is 23.2. The maximum Gasteiger partial charge on any atom is 0.306 e. The van der Waals surface area contributed by atoms with E-state index in [-0.39, 0.29) is 34.5 Å². The molecule has 1 aliphatic rings. The van der Waals surface area contributed by atoms with Crippen LogP contribution in [0, 0.1) is 23.7 Å². The third kappa shape index (κ3) is 7.18. The van der Waals surface area contributed by atoms with Gasteiger partial charge in [-0.2, -0.15) is 0 Å². The van der Waals surface area contributed by atoms with Crippen molar-refractivity contribution < 1.29 is 22.7 Å². The van der Waals surface area contributed by atoms with Gasteiger partial charge < -0.3 is 10.1 Å². The molecule has 0 heterocycles. The summed E-state index contributed by atoms with van der Waals surface area (Å²) < 4.78 is 33.4. The van der Waals surface area contributed by atoms with Gasteiger partial charge in [-0.3, -0.25) is 9.59 Å². The van der Waals surface area contributed by atoms with Gasteiger partial charge >= 0.3 is 5.97 Å². The quantitative estimate of drug-likeness (QED) is 0.441. The Kier molecular flexibility index (Phi) is 8.82. The van der Waals surface area contributed by atoms with E-state index in [0.29, 0.717) is 31.2 Å². The van der Waals surface area contributed by atoms with Crippen LogP contribution in [0.25, 0.3) is 0 Å². The standard InChI is InChI=1S/C23H34N2O5S/c1-6-30-23(27)13-18-12-22(15(2)3)19(11-16(18)4)14-24-31(28,29)21-9-7-20(8-10-21)25-17(5)26/h7-11,15,18-19,22,24H,6,12-14H2,1-5H3,(H,25,26)/t18-,19+,22+/m1/s1. The molecule has 7 nitrogen and oxygen atoms in total. The van der Waals surface area contributed by atoms with Crippen molar-refractivity contribution in [3.63, 3.8) is 0 Å². The van der Waals surface area contributed by atoms with Gasteiger partial charge in [0, 0.05) is 19.2 Å². The van der Waals surface area contributed by atoms with E-state index in [4.69, 9.17) is 4.74 Å². The van der Waals surface area contributed by atoms with E-state index < -0.39 is 10.0 Å². The maximum absolute atomic E-state index is 12.8. The van der Waals surface area contributed by atoms with E-state index in [1.807, 2.05) is 6.92 Å². The van der Waals surface area contributed by atoms with Gasteiger partial charge in [0.15, 0.2) is 0 Å². The summed E-state index contributed by atoms with van der Waals surface area (Å²) in [4.78, 5) is 23.2. The fraction of sp³-hybridized carbons (Fsp3) is 0.565. The first-order valence-corrected chi connectivity index (χ1v) is 12.2. The van der Waals surface area contributed by atoms with Crippen LogP contribution in [0.3, 0.4) is 0 Å². The second-order valence-electron chi connectivity index (χ2n) is 8.48. The number of nitrogens with one attached hydrogen (secondary N) is 2. The van der Waals surface area contributed by atoms with Crippen LogP contribution in [-0.2, 0) is 24.3 Å². The van der Waals surface area contributed by atoms with E-state index in [9.17, 15) is 18.0 Å². The Labute approximate surface area is 185 Å². The molecule has 0 radical (unpaired) electrons. The number of sulfonamides is 1. The number of amides is 1. The molecule has 1 aromatic rings. The Morgan fingerprint density at radius 2 is 1.84 bits per heavy atom. The van der Waals surface area contributed by atoms with Gasteiger partial charge in [-0.25, -0.2) is 13.1 Å². The highest BCUT2D eigenvalue weighted by molar-refractivity contribution is 7.89. The zero-order valence-electron chi connectivity index (χ0n) is 19.0. The van der Waals surface area contributed by atoms with Gasteiger partial charge in [-0.15, -0.1) is 0 Å². The number of esters is 1. The molecule has 8 heteroatoms. The van der Waals surface area contributed by atoms with Gasteiger partial charge in [0.1, 0.15) is 0 Å². The molecule has 2 rings (SSSR count). The molecule has 2 N–H and O–H groups in total. The molecule has 0 bridgehead atoms. The summed E-state index contributed by atoms with van der Waals surface area (Å²) in [6, 6.07) is 6.09. The maximum atomic E-state index is 12.8. The Morgan fingerprint density at radius 1 is 1.19 bits per heavy atom. The Hall–Kier alpha value is -2.19. The molecule has 0 fully saturated rings. The van der Waals surface area contributed by atoms with Crippen molar-refractivity contribution in [3.8, 4) is 0 Å². The van der Waals surface area contributed by atoms with Crippen LogP contribution in [0.1, 0.15) is 47.5 Å². The first kappa shape index (κ1) is 25.1. The van der Waals surface area contributed by atoms with Gasteiger partial charge in [0.2, 0.25) is 15.9 Å². The second kappa shape index (κ2) is 10.9. The summed E-state index contributed by atoms with van der Waals surface area (Å²) in [5, 5.41) is 2.62. The lowest BCUT2D eigenvalue weighted by atomic mass is 9.70. The molecular formula is C23H34N2O5S. The number of hydrogen-bond acceptors (Lipinski definition) is 5. The number of carbonyl (C=O) groups excluding carboxylic acids is 2. The van der Waals surface area contributed by atoms with Gasteiger partial charge in [-0.1, -0.05) is 25.5 Å². The van der Waals surface area contributed by atoms with Crippen molar-refractivity contribution in [1.29, 1.82) is 0 Å². The van der Waals surface area contributed by atoms with Crippen LogP contribution >= 0.6 is 0 Å². The first-order chi connectivity index (χ1) is 14.5. The summed E-state index contributed by atoms with van der Waals surface area (Å²) in [7, 11) is -3.68. The lowest BCUT2D eigenvalue weighted by Gasteiger charge is -2.37. The highest BCUT2D eigenvalue weighted by Gasteiger charge is 2.33. The summed E-state index contributed by atoms with van der Waals surface area (Å²) in [6.45, 7) is 10.1. The predicted molar refractivity (Wildman–Crippen MR) is 121 cm³/mol. The lowest BCUT2D eigenvalue weighted by molar-refractivity contribution is -0.144. The zero-order valence-corrected chi connectivity index (χ0v) is 19.8. The van der Waals surface area contributed by atoms with Crippen molar-refractivity contribution in [2.45, 2.75) is 52.4 Å². The fourth-order valence-corrected chi connectivity index (χ4v) is 5.21. The average Bonchev–Trinajstić information content (AvgIpc) is 2.68. The molecule has 31 heavy (non-hydrogen) atoms. The molecular weight excluding hydrogens is 416 g/mol. The highest BCUT2D eigenvalue weighted by atomic mass is 32.2. The molecule has 0 spiro atoms. The van der Waals surface area contributed by atoms with Gasteiger partial charge in [0.25, 0.3) is 0 Å². The van der Waals surface area contributed by atoms with E-state index in [2.05, 4.69) is 30.0 Å². The summed E-state index contributed by atoms with van der Waals surface area (Å²) in [5.41, 5.74) is 1.65. The van der Waals surface area contributed by atoms with Crippen LogP contribution in [0.4, 0.5) is 5.69 Å². The van der Waals surface area contributed by atoms with Crippen molar-refractivity contribution in [2.24, 2.45) is 23.7 Å². The van der Waals surface area contributed by atoms with Gasteiger partial charge in [0.05, 0.1) is 17.9 Å². The molecule has 0 aliphatic heterocycles. The van der Waals surface area contributed by atoms with Crippen LogP contribution < -0.4 is 10.0 Å². The molecule has 3 atom stereocenters. The van der Waals surface area contributed by atoms with E-state index >= 15 is 0 Å². The SMILES string of the molecule is CCOC(=O)C[C@H]1C[C@@H](C(C)C)[C@H](CNS(=O)(=O)c2ccc(NC(C)=O)cc2)C=C1C. The predicted octanol–water partition coefficient (Wildman–Crippen LogP) is 3.73. The topological polar surface area (TPSA) is 102 Å². The number of hydrogen-bond donors (Lipinski definition) is 2. The molecule has 1 amide bonds. The highest BCUT2D eigenvalue weighted by Crippen LogP contribution is 2.39. The smallest absolute Gasteiger partial charge is 0.306 e. The number of rotatable bonds is 9. The molecule has 0 saturated heterocycles. The Balaban J connectivity index is 2.10. The van der Waals surface area contributed by atoms with E-state index in [0.717, 1.165) is 12.0 Å². The molecule has 0 aromatic heterocycles. The minimum Gasteiger partial charge on any atom is -0.466 e. The van der Waals surface area contributed by atoms with Gasteiger partial charge in [-0.05, 0) is 68.2 Å². The first-order valence-electron chi connectivity index (χ1n) is 10.7. The average molecular weight is 451 g/mol. The van der Waals surface area contributed by atoms with Crippen molar-refractivity contribution >= 4 is 27.6 Å². The Morgan fingerprint density at radius 3 is 2.39 bits per heavy atom. The molecule has 1 aromatic carbocycles. The van der Waals surface area contributed by atoms with Crippen LogP contribution in [0.5, 0.6) is 0 Å². The normalized spacial score (nSPS) is 21.5. The fourth-order valence-electron chi connectivity index (χ4n) is 4.14. The summed E-state index contributed by atoms with van der Waals surface area (Å²) >= 11 is 0. The second-order valence-corrected chi connectivity index (χ2v) is 10.2. The number of anilines is 1. The molecule has 0 saturated carbocycles. The van der Waals surface area contributed by atoms with Crippen LogP contribution in [-0.4, -0.2) is 33.4 Å². The minimum absolute atomic E-state index is 0.0480. The monoisotopic (exact) mass is 450 g/mol. The number of carbonyl (C=O) groups is 2. The van der Waals surface area contributed by atoms with Crippen LogP contribution in [0.15, 0.2) is 40.8 Å². The van der Waals surface area contributed by atoms with Crippen molar-refractivity contribution in [3.05, 3.63) is 35.9 Å². The number of benzene rings is 1. The lowest BCUT2D eigenvalue weighted by Crippen LogP contribution is -2.37. The molecule has 1 aliphatic carbocycles. The largest absolute Gasteiger partial charge is 0.466 e. The third-order valence-electron chi connectivity index (χ3n) is 5.80.